The van der Waals surface area contributed by atoms with Crippen LogP contribution >= 0.6 is 0 Å². The maximum atomic E-state index is 13.0. The fourth-order valence-corrected chi connectivity index (χ4v) is 4.13. The number of anilines is 1. The molecule has 1 amide bonds. The minimum absolute atomic E-state index is 0.0208. The third-order valence-electron chi connectivity index (χ3n) is 6.39. The van der Waals surface area contributed by atoms with Crippen molar-refractivity contribution in [1.82, 2.24) is 9.78 Å². The Morgan fingerprint density at radius 3 is 2.20 bits per heavy atom. The maximum Gasteiger partial charge on any atom is 0.266 e. The Hall–Kier alpha value is -5.41. The molecule has 6 nitrogen and oxygen atoms in total. The van der Waals surface area contributed by atoms with Crippen LogP contribution < -0.4 is 10.1 Å². The van der Waals surface area contributed by atoms with E-state index in [-0.39, 0.29) is 5.57 Å². The molecule has 1 aromatic heterocycles. The van der Waals surface area contributed by atoms with E-state index in [1.807, 2.05) is 98.1 Å². The number of hydrogen-bond donors (Lipinski definition) is 1. The molecule has 196 valence electrons. The number of para-hydroxylation sites is 1. The van der Waals surface area contributed by atoms with Crippen molar-refractivity contribution in [3.05, 3.63) is 137 Å². The summed E-state index contributed by atoms with van der Waals surface area (Å²) in [5.74, 6) is 0.253. The molecule has 0 radical (unpaired) electrons. The number of aromatic nitrogens is 2. The highest BCUT2D eigenvalue weighted by Gasteiger charge is 2.16. The molecular formula is C34H28N4O2. The van der Waals surface area contributed by atoms with Gasteiger partial charge in [0.25, 0.3) is 5.91 Å². The van der Waals surface area contributed by atoms with E-state index in [0.717, 1.165) is 28.1 Å². The number of nitrogens with one attached hydrogen (secondary N) is 1. The number of carbonyl (C=O) groups is 1. The van der Waals surface area contributed by atoms with Crippen LogP contribution in [0.5, 0.6) is 5.75 Å². The van der Waals surface area contributed by atoms with Crippen molar-refractivity contribution in [3.8, 4) is 28.8 Å². The summed E-state index contributed by atoms with van der Waals surface area (Å²) in [4.78, 5) is 13.0. The molecule has 5 rings (SSSR count). The average molecular weight is 525 g/mol. The number of nitriles is 1. The van der Waals surface area contributed by atoms with Crippen molar-refractivity contribution < 1.29 is 9.53 Å². The number of aryl methyl sites for hydroxylation is 2. The Kier molecular flexibility index (Phi) is 7.84. The number of nitrogens with zero attached hydrogens (tertiary/aromatic N) is 3. The Labute approximate surface area is 233 Å². The van der Waals surface area contributed by atoms with Crippen molar-refractivity contribution in [2.45, 2.75) is 20.5 Å². The van der Waals surface area contributed by atoms with Crippen LogP contribution in [0.4, 0.5) is 5.69 Å². The number of ether oxygens (including phenoxy) is 1. The second kappa shape index (κ2) is 12.0. The van der Waals surface area contributed by atoms with Gasteiger partial charge in [-0.15, -0.1) is 0 Å². The summed E-state index contributed by atoms with van der Waals surface area (Å²) >= 11 is 0. The van der Waals surface area contributed by atoms with Gasteiger partial charge in [0.15, 0.2) is 0 Å². The van der Waals surface area contributed by atoms with Crippen molar-refractivity contribution in [2.24, 2.45) is 0 Å². The predicted molar refractivity (Wildman–Crippen MR) is 158 cm³/mol. The lowest BCUT2D eigenvalue weighted by molar-refractivity contribution is -0.112. The molecule has 0 aliphatic carbocycles. The molecule has 1 N–H and O–H groups in total. The number of hydrogen-bond acceptors (Lipinski definition) is 4. The van der Waals surface area contributed by atoms with Gasteiger partial charge in [0.05, 0.1) is 11.4 Å². The fraction of sp³-hybridized carbons (Fsp3) is 0.0882. The van der Waals surface area contributed by atoms with Gasteiger partial charge in [-0.2, -0.15) is 10.4 Å². The van der Waals surface area contributed by atoms with Crippen LogP contribution in [0.15, 0.2) is 115 Å². The SMILES string of the molecule is Cc1ccc(COc2ccc(-c3nn(-c4ccccc4)cc3C=C(C#N)C(=O)Nc3ccc(C)cc3)cc2)cc1. The monoisotopic (exact) mass is 524 g/mol. The Morgan fingerprint density at radius 1 is 0.900 bits per heavy atom. The first-order valence-corrected chi connectivity index (χ1v) is 12.9. The van der Waals surface area contributed by atoms with Crippen LogP contribution in [0, 0.1) is 25.2 Å². The van der Waals surface area contributed by atoms with Crippen LogP contribution in [0.3, 0.4) is 0 Å². The summed E-state index contributed by atoms with van der Waals surface area (Å²) in [5, 5.41) is 17.5. The second-order valence-corrected chi connectivity index (χ2v) is 9.50. The third-order valence-corrected chi connectivity index (χ3v) is 6.39. The summed E-state index contributed by atoms with van der Waals surface area (Å²) in [5.41, 5.74) is 6.97. The van der Waals surface area contributed by atoms with Crippen LogP contribution in [-0.4, -0.2) is 15.7 Å². The molecule has 0 fully saturated rings. The van der Waals surface area contributed by atoms with E-state index in [1.54, 1.807) is 10.8 Å². The summed E-state index contributed by atoms with van der Waals surface area (Å²) < 4.78 is 7.72. The molecule has 0 spiro atoms. The molecule has 0 saturated carbocycles. The largest absolute Gasteiger partial charge is 0.489 e. The summed E-state index contributed by atoms with van der Waals surface area (Å²) in [6.45, 7) is 4.50. The van der Waals surface area contributed by atoms with Gasteiger partial charge in [0, 0.05) is 23.0 Å². The lowest BCUT2D eigenvalue weighted by Gasteiger charge is -2.08. The molecule has 0 unspecified atom stereocenters. The molecule has 40 heavy (non-hydrogen) atoms. The lowest BCUT2D eigenvalue weighted by Crippen LogP contribution is -2.13. The summed E-state index contributed by atoms with van der Waals surface area (Å²) in [6, 6.07) is 35.1. The highest BCUT2D eigenvalue weighted by molar-refractivity contribution is 6.10. The van der Waals surface area contributed by atoms with Crippen molar-refractivity contribution in [1.29, 1.82) is 5.26 Å². The number of amides is 1. The van der Waals surface area contributed by atoms with E-state index in [4.69, 9.17) is 9.84 Å². The molecule has 0 atom stereocenters. The summed E-state index contributed by atoms with van der Waals surface area (Å²) in [6.07, 6.45) is 3.40. The third kappa shape index (κ3) is 6.35. The molecule has 5 aromatic rings. The molecule has 0 aliphatic heterocycles. The Morgan fingerprint density at radius 2 is 1.55 bits per heavy atom. The van der Waals surface area contributed by atoms with Gasteiger partial charge in [-0.1, -0.05) is 65.7 Å². The van der Waals surface area contributed by atoms with E-state index in [1.165, 1.54) is 5.56 Å². The van der Waals surface area contributed by atoms with E-state index >= 15 is 0 Å². The molecule has 0 aliphatic rings. The standard InChI is InChI=1S/C34H28N4O2/c1-24-8-12-26(13-9-24)23-40-32-18-14-27(15-19-32)33-29(22-38(37-33)31-6-4-3-5-7-31)20-28(21-35)34(39)36-30-16-10-25(2)11-17-30/h3-20,22H,23H2,1-2H3,(H,36,39). The van der Waals surface area contributed by atoms with E-state index < -0.39 is 5.91 Å². The van der Waals surface area contributed by atoms with Crippen LogP contribution in [0.25, 0.3) is 23.0 Å². The van der Waals surface area contributed by atoms with Crippen molar-refractivity contribution >= 4 is 17.7 Å². The van der Waals surface area contributed by atoms with Gasteiger partial charge in [-0.3, -0.25) is 4.79 Å². The van der Waals surface area contributed by atoms with E-state index in [9.17, 15) is 10.1 Å². The zero-order valence-corrected chi connectivity index (χ0v) is 22.3. The number of carbonyl (C=O) groups excluding carboxylic acids is 1. The van der Waals surface area contributed by atoms with Gasteiger partial charge in [-0.05, 0) is 74.0 Å². The van der Waals surface area contributed by atoms with Crippen molar-refractivity contribution in [2.75, 3.05) is 5.32 Å². The first-order chi connectivity index (χ1) is 19.5. The first-order valence-electron chi connectivity index (χ1n) is 12.9. The lowest BCUT2D eigenvalue weighted by atomic mass is 10.1. The first kappa shape index (κ1) is 26.2. The fourth-order valence-electron chi connectivity index (χ4n) is 4.13. The number of benzene rings is 4. The van der Waals surface area contributed by atoms with Crippen LogP contribution in [0.1, 0.15) is 22.3 Å². The Bertz CT molecular complexity index is 1680. The molecular weight excluding hydrogens is 496 g/mol. The van der Waals surface area contributed by atoms with Gasteiger partial charge in [0.1, 0.15) is 24.0 Å². The zero-order valence-electron chi connectivity index (χ0n) is 22.3. The molecule has 1 heterocycles. The topological polar surface area (TPSA) is 79.9 Å². The predicted octanol–water partition coefficient (Wildman–Crippen LogP) is 7.28. The zero-order chi connectivity index (χ0) is 27.9. The molecule has 4 aromatic carbocycles. The summed E-state index contributed by atoms with van der Waals surface area (Å²) in [7, 11) is 0. The highest BCUT2D eigenvalue weighted by atomic mass is 16.5. The van der Waals surface area contributed by atoms with Gasteiger partial charge in [0.2, 0.25) is 0 Å². The van der Waals surface area contributed by atoms with Crippen LogP contribution in [0.2, 0.25) is 0 Å². The van der Waals surface area contributed by atoms with Gasteiger partial charge < -0.3 is 10.1 Å². The minimum atomic E-state index is -0.482. The van der Waals surface area contributed by atoms with Crippen molar-refractivity contribution in [3.63, 3.8) is 0 Å². The maximum absolute atomic E-state index is 13.0. The number of rotatable bonds is 8. The second-order valence-electron chi connectivity index (χ2n) is 9.50. The van der Waals surface area contributed by atoms with E-state index in [0.29, 0.717) is 23.6 Å². The minimum Gasteiger partial charge on any atom is -0.489 e. The quantitative estimate of drug-likeness (QED) is 0.171. The average Bonchev–Trinajstić information content (AvgIpc) is 3.41. The van der Waals surface area contributed by atoms with Crippen LogP contribution in [-0.2, 0) is 11.4 Å². The molecule has 6 heteroatoms. The molecule has 0 saturated heterocycles. The van der Waals surface area contributed by atoms with E-state index in [2.05, 4.69) is 36.5 Å². The molecule has 0 bridgehead atoms. The van der Waals surface area contributed by atoms with Gasteiger partial charge >= 0.3 is 0 Å². The van der Waals surface area contributed by atoms with Gasteiger partial charge in [-0.25, -0.2) is 4.68 Å². The smallest absolute Gasteiger partial charge is 0.266 e. The Balaban J connectivity index is 1.43. The normalized spacial score (nSPS) is 11.1. The highest BCUT2D eigenvalue weighted by Crippen LogP contribution is 2.28.